The minimum Gasteiger partial charge on any atom is -0.380 e. The zero-order chi connectivity index (χ0) is 20.2. The maximum atomic E-state index is 10.2. The van der Waals surface area contributed by atoms with Gasteiger partial charge >= 0.3 is 0 Å². The Morgan fingerprint density at radius 2 is 1.56 bits per heavy atom. The summed E-state index contributed by atoms with van der Waals surface area (Å²) < 4.78 is 0. The smallest absolute Gasteiger partial charge is 0.119 e. The highest BCUT2D eigenvalue weighted by atomic mass is 16.3. The van der Waals surface area contributed by atoms with E-state index in [4.69, 9.17) is 0 Å². The minimum absolute atomic E-state index is 0.0215. The summed E-state index contributed by atoms with van der Waals surface area (Å²) in [5, 5.41) is 10.2. The average molecular weight is 363 g/mol. The summed E-state index contributed by atoms with van der Waals surface area (Å²) in [7, 11) is 0. The number of rotatable bonds is 4. The van der Waals surface area contributed by atoms with Crippen molar-refractivity contribution in [3.05, 3.63) is 70.3 Å². The van der Waals surface area contributed by atoms with Gasteiger partial charge in [-0.15, -0.1) is 0 Å². The summed E-state index contributed by atoms with van der Waals surface area (Å²) in [6.45, 7) is 14.8. The van der Waals surface area contributed by atoms with Crippen molar-refractivity contribution < 1.29 is 5.11 Å². The van der Waals surface area contributed by atoms with Crippen molar-refractivity contribution in [3.8, 4) is 11.8 Å². The largest absolute Gasteiger partial charge is 0.380 e. The lowest BCUT2D eigenvalue weighted by atomic mass is 9.70. The van der Waals surface area contributed by atoms with Crippen molar-refractivity contribution >= 4 is 0 Å². The molecule has 0 amide bonds. The highest BCUT2D eigenvalue weighted by molar-refractivity contribution is 5.48. The van der Waals surface area contributed by atoms with Crippen LogP contribution in [0.25, 0.3) is 0 Å². The molecule has 0 saturated carbocycles. The average Bonchev–Trinajstić information content (AvgIpc) is 2.61. The Labute approximate surface area is 165 Å². The van der Waals surface area contributed by atoms with Gasteiger partial charge in [0.05, 0.1) is 0 Å². The molecule has 1 unspecified atom stereocenters. The van der Waals surface area contributed by atoms with E-state index >= 15 is 0 Å². The lowest BCUT2D eigenvalue weighted by Crippen LogP contribution is -2.26. The maximum Gasteiger partial charge on any atom is 0.119 e. The maximum absolute atomic E-state index is 10.2. The quantitative estimate of drug-likeness (QED) is 0.645. The summed E-state index contributed by atoms with van der Waals surface area (Å²) in [6.07, 6.45) is 1.48. The normalized spacial score (nSPS) is 13.0. The van der Waals surface area contributed by atoms with Crippen LogP contribution in [0.5, 0.6) is 0 Å². The fraction of sp³-hybridized carbons (Fsp3) is 0.462. The van der Waals surface area contributed by atoms with E-state index in [9.17, 15) is 5.11 Å². The van der Waals surface area contributed by atoms with Crippen LogP contribution in [0.3, 0.4) is 0 Å². The number of hydrogen-bond acceptors (Lipinski definition) is 1. The highest BCUT2D eigenvalue weighted by Crippen LogP contribution is 2.39. The molecule has 0 fully saturated rings. The van der Waals surface area contributed by atoms with Gasteiger partial charge in [-0.1, -0.05) is 88.4 Å². The number of aliphatic hydroxyl groups excluding tert-OH is 1. The summed E-state index contributed by atoms with van der Waals surface area (Å²) >= 11 is 0. The molecule has 2 aromatic rings. The molecular formula is C26H34O. The molecule has 2 aromatic carbocycles. The second-order valence-corrected chi connectivity index (χ2v) is 8.73. The van der Waals surface area contributed by atoms with E-state index in [2.05, 4.69) is 82.0 Å². The van der Waals surface area contributed by atoms with E-state index in [-0.39, 0.29) is 10.8 Å². The first-order valence-electron chi connectivity index (χ1n) is 10.0. The lowest BCUT2D eigenvalue weighted by molar-refractivity contribution is 0.114. The van der Waals surface area contributed by atoms with Gasteiger partial charge in [0.25, 0.3) is 0 Å². The van der Waals surface area contributed by atoms with Gasteiger partial charge in [-0.25, -0.2) is 0 Å². The van der Waals surface area contributed by atoms with E-state index < -0.39 is 6.10 Å². The first kappa shape index (κ1) is 21.3. The van der Waals surface area contributed by atoms with Gasteiger partial charge < -0.3 is 5.11 Å². The van der Waals surface area contributed by atoms with Crippen molar-refractivity contribution in [1.82, 2.24) is 0 Å². The van der Waals surface area contributed by atoms with Crippen LogP contribution in [0.15, 0.2) is 42.5 Å². The Morgan fingerprint density at radius 1 is 0.926 bits per heavy atom. The monoisotopic (exact) mass is 362 g/mol. The molecule has 1 heteroatoms. The fourth-order valence-electron chi connectivity index (χ4n) is 3.64. The van der Waals surface area contributed by atoms with E-state index in [1.54, 1.807) is 0 Å². The van der Waals surface area contributed by atoms with Gasteiger partial charge in [-0.3, -0.25) is 0 Å². The number of benzene rings is 2. The lowest BCUT2D eigenvalue weighted by Gasteiger charge is -2.34. The van der Waals surface area contributed by atoms with Crippen molar-refractivity contribution in [2.24, 2.45) is 5.41 Å². The second kappa shape index (κ2) is 8.32. The highest BCUT2D eigenvalue weighted by Gasteiger charge is 2.31. The molecule has 0 aromatic heterocycles. The van der Waals surface area contributed by atoms with Gasteiger partial charge in [0.2, 0.25) is 0 Å². The summed E-state index contributed by atoms with van der Waals surface area (Å²) in [6, 6.07) is 15.5. The molecule has 0 bridgehead atoms. The molecule has 1 N–H and O–H groups in total. The summed E-state index contributed by atoms with van der Waals surface area (Å²) in [5.74, 6) is 6.19. The molecule has 0 heterocycles. The molecule has 0 aliphatic carbocycles. The Morgan fingerprint density at radius 3 is 2.07 bits per heavy atom. The molecule has 144 valence electrons. The fourth-order valence-corrected chi connectivity index (χ4v) is 3.64. The Balaban J connectivity index is 2.47. The number of aliphatic hydroxyl groups is 1. The van der Waals surface area contributed by atoms with Crippen LogP contribution in [0.4, 0.5) is 0 Å². The molecule has 1 atom stereocenters. The number of aryl methyl sites for hydroxylation is 2. The van der Waals surface area contributed by atoms with Gasteiger partial charge in [0, 0.05) is 11.0 Å². The third kappa shape index (κ3) is 4.63. The topological polar surface area (TPSA) is 20.2 Å². The predicted octanol–water partition coefficient (Wildman–Crippen LogP) is 6.17. The standard InChI is InChI=1S/C26H34O/c1-8-26(9-2,22-12-10-11-19(3)17-22)23-15-13-21(20(4)18-23)14-16-24(27)25(5,6)7/h10-13,15,17-18,24,27H,8-9H2,1-7H3. The molecule has 27 heavy (non-hydrogen) atoms. The van der Waals surface area contributed by atoms with Gasteiger partial charge in [-0.2, -0.15) is 0 Å². The van der Waals surface area contributed by atoms with Gasteiger partial charge in [0.15, 0.2) is 0 Å². The van der Waals surface area contributed by atoms with E-state index in [0.717, 1.165) is 18.4 Å². The molecule has 2 rings (SSSR count). The first-order valence-corrected chi connectivity index (χ1v) is 10.0. The molecule has 0 radical (unpaired) electrons. The summed E-state index contributed by atoms with van der Waals surface area (Å²) in [5.41, 5.74) is 5.98. The molecule has 0 saturated heterocycles. The van der Waals surface area contributed by atoms with Crippen molar-refractivity contribution in [1.29, 1.82) is 0 Å². The predicted molar refractivity (Wildman–Crippen MR) is 116 cm³/mol. The molecule has 0 aliphatic rings. The van der Waals surface area contributed by atoms with E-state index in [1.807, 2.05) is 20.8 Å². The Hall–Kier alpha value is -2.04. The van der Waals surface area contributed by atoms with Gasteiger partial charge in [-0.05, 0) is 54.9 Å². The Bertz CT molecular complexity index is 838. The van der Waals surface area contributed by atoms with Crippen molar-refractivity contribution in [2.45, 2.75) is 72.8 Å². The van der Waals surface area contributed by atoms with Crippen LogP contribution < -0.4 is 0 Å². The molecule has 1 nitrogen and oxygen atoms in total. The molecule has 0 aliphatic heterocycles. The van der Waals surface area contributed by atoms with Crippen LogP contribution >= 0.6 is 0 Å². The van der Waals surface area contributed by atoms with Crippen LogP contribution in [0.1, 0.15) is 75.3 Å². The summed E-state index contributed by atoms with van der Waals surface area (Å²) in [4.78, 5) is 0. The van der Waals surface area contributed by atoms with Gasteiger partial charge in [0.1, 0.15) is 6.10 Å². The zero-order valence-electron chi connectivity index (χ0n) is 18.0. The van der Waals surface area contributed by atoms with E-state index in [0.29, 0.717) is 0 Å². The SMILES string of the molecule is CCC(CC)(c1cccc(C)c1)c1ccc(C#CC(O)C(C)(C)C)c(C)c1. The second-order valence-electron chi connectivity index (χ2n) is 8.73. The zero-order valence-corrected chi connectivity index (χ0v) is 18.0. The van der Waals surface area contributed by atoms with E-state index in [1.165, 1.54) is 22.3 Å². The Kier molecular flexibility index (Phi) is 6.55. The van der Waals surface area contributed by atoms with Crippen molar-refractivity contribution in [3.63, 3.8) is 0 Å². The first-order chi connectivity index (χ1) is 12.6. The minimum atomic E-state index is -0.630. The van der Waals surface area contributed by atoms with Crippen LogP contribution in [-0.4, -0.2) is 11.2 Å². The van der Waals surface area contributed by atoms with Crippen LogP contribution in [0.2, 0.25) is 0 Å². The van der Waals surface area contributed by atoms with Crippen molar-refractivity contribution in [2.75, 3.05) is 0 Å². The number of hydrogen-bond donors (Lipinski definition) is 1. The van der Waals surface area contributed by atoms with Crippen LogP contribution in [0, 0.1) is 31.1 Å². The third-order valence-electron chi connectivity index (χ3n) is 5.72. The van der Waals surface area contributed by atoms with Crippen LogP contribution in [-0.2, 0) is 5.41 Å². The third-order valence-corrected chi connectivity index (χ3v) is 5.72. The molecule has 0 spiro atoms. The molecular weight excluding hydrogens is 328 g/mol.